The number of benzene rings is 3. The van der Waals surface area contributed by atoms with Gasteiger partial charge in [-0.3, -0.25) is 14.2 Å². The van der Waals surface area contributed by atoms with Gasteiger partial charge in [0.15, 0.2) is 5.16 Å². The largest absolute Gasteiger partial charge is 0.326 e. The lowest BCUT2D eigenvalue weighted by Crippen LogP contribution is -2.22. The lowest BCUT2D eigenvalue weighted by Gasteiger charge is -2.14. The Bertz CT molecular complexity index is 1220. The van der Waals surface area contributed by atoms with Crippen LogP contribution in [0.5, 0.6) is 0 Å². The molecule has 1 amide bonds. The van der Waals surface area contributed by atoms with E-state index >= 15 is 0 Å². The highest BCUT2D eigenvalue weighted by Gasteiger charge is 2.14. The SMILES string of the molecule is CC(=O)Nc1ccc2nc(SCc3ccccc3)n(-c3ccccc3)c(=O)c2c1. The molecule has 0 unspecified atom stereocenters. The summed E-state index contributed by atoms with van der Waals surface area (Å²) >= 11 is 1.52. The summed E-state index contributed by atoms with van der Waals surface area (Å²) in [7, 11) is 0. The number of para-hydroxylation sites is 1. The van der Waals surface area contributed by atoms with Gasteiger partial charge in [0.05, 0.1) is 16.6 Å². The van der Waals surface area contributed by atoms with E-state index in [2.05, 4.69) is 17.4 Å². The number of amides is 1. The predicted molar refractivity (Wildman–Crippen MR) is 118 cm³/mol. The number of anilines is 1. The van der Waals surface area contributed by atoms with Crippen LogP contribution in [-0.4, -0.2) is 15.5 Å². The topological polar surface area (TPSA) is 64.0 Å². The summed E-state index contributed by atoms with van der Waals surface area (Å²) in [5.74, 6) is 0.519. The molecule has 0 bridgehead atoms. The maximum atomic E-state index is 13.4. The number of carbonyl (C=O) groups excluding carboxylic acids is 1. The Morgan fingerprint density at radius 3 is 2.38 bits per heavy atom. The molecule has 1 heterocycles. The average Bonchev–Trinajstić information content (AvgIpc) is 2.74. The molecule has 0 atom stereocenters. The fourth-order valence-corrected chi connectivity index (χ4v) is 4.04. The number of hydrogen-bond acceptors (Lipinski definition) is 4. The quantitative estimate of drug-likeness (QED) is 0.391. The zero-order valence-corrected chi connectivity index (χ0v) is 16.6. The zero-order chi connectivity index (χ0) is 20.2. The molecule has 1 aromatic heterocycles. The van der Waals surface area contributed by atoms with E-state index in [0.717, 1.165) is 11.3 Å². The first-order chi connectivity index (χ1) is 14.1. The number of thioether (sulfide) groups is 1. The van der Waals surface area contributed by atoms with Crippen molar-refractivity contribution < 1.29 is 4.79 Å². The second-order valence-electron chi connectivity index (χ2n) is 6.56. The zero-order valence-electron chi connectivity index (χ0n) is 15.8. The monoisotopic (exact) mass is 401 g/mol. The van der Waals surface area contributed by atoms with Gasteiger partial charge in [0.25, 0.3) is 5.56 Å². The summed E-state index contributed by atoms with van der Waals surface area (Å²) < 4.78 is 1.63. The van der Waals surface area contributed by atoms with Gasteiger partial charge in [0.1, 0.15) is 0 Å². The van der Waals surface area contributed by atoms with Gasteiger partial charge in [-0.25, -0.2) is 4.98 Å². The van der Waals surface area contributed by atoms with E-state index in [4.69, 9.17) is 4.98 Å². The molecule has 3 aromatic carbocycles. The second kappa shape index (κ2) is 8.32. The van der Waals surface area contributed by atoms with Crippen molar-refractivity contribution in [2.75, 3.05) is 5.32 Å². The van der Waals surface area contributed by atoms with E-state index in [1.54, 1.807) is 22.8 Å². The number of nitrogens with one attached hydrogen (secondary N) is 1. The highest BCUT2D eigenvalue weighted by molar-refractivity contribution is 7.98. The molecular formula is C23H19N3O2S. The summed E-state index contributed by atoms with van der Waals surface area (Å²) in [6.07, 6.45) is 0. The Morgan fingerprint density at radius 2 is 1.69 bits per heavy atom. The van der Waals surface area contributed by atoms with Crippen molar-refractivity contribution in [1.29, 1.82) is 0 Å². The van der Waals surface area contributed by atoms with Crippen LogP contribution in [0.15, 0.2) is 88.8 Å². The molecule has 0 saturated carbocycles. The third-order valence-electron chi connectivity index (χ3n) is 4.38. The van der Waals surface area contributed by atoms with Gasteiger partial charge >= 0.3 is 0 Å². The molecule has 0 saturated heterocycles. The molecule has 6 heteroatoms. The Hall–Kier alpha value is -3.38. The van der Waals surface area contributed by atoms with Gasteiger partial charge < -0.3 is 5.32 Å². The van der Waals surface area contributed by atoms with Gasteiger partial charge in [-0.1, -0.05) is 60.3 Å². The fourth-order valence-electron chi connectivity index (χ4n) is 3.07. The van der Waals surface area contributed by atoms with Gasteiger partial charge in [-0.05, 0) is 35.9 Å². The van der Waals surface area contributed by atoms with Crippen LogP contribution in [0.2, 0.25) is 0 Å². The minimum atomic E-state index is -0.185. The summed E-state index contributed by atoms with van der Waals surface area (Å²) in [5.41, 5.74) is 2.93. The summed E-state index contributed by atoms with van der Waals surface area (Å²) in [6.45, 7) is 1.44. The standard InChI is InChI=1S/C23H19N3O2S/c1-16(27)24-18-12-13-21-20(14-18)22(28)26(19-10-6-3-7-11-19)23(25-21)29-15-17-8-4-2-5-9-17/h2-14H,15H2,1H3,(H,24,27). The van der Waals surface area contributed by atoms with Crippen molar-refractivity contribution in [2.24, 2.45) is 0 Å². The first-order valence-corrected chi connectivity index (χ1v) is 10.2. The Morgan fingerprint density at radius 1 is 1.00 bits per heavy atom. The number of carbonyl (C=O) groups is 1. The minimum absolute atomic E-state index is 0.163. The molecule has 0 aliphatic carbocycles. The van der Waals surface area contributed by atoms with Crippen molar-refractivity contribution in [3.63, 3.8) is 0 Å². The van der Waals surface area contributed by atoms with Crippen molar-refractivity contribution in [1.82, 2.24) is 9.55 Å². The number of nitrogens with zero attached hydrogens (tertiary/aromatic N) is 2. The maximum absolute atomic E-state index is 13.4. The van der Waals surface area contributed by atoms with E-state index in [1.165, 1.54) is 18.7 Å². The predicted octanol–water partition coefficient (Wildman–Crippen LogP) is 4.64. The van der Waals surface area contributed by atoms with Gasteiger partial charge in [-0.2, -0.15) is 0 Å². The number of rotatable bonds is 5. The molecule has 0 aliphatic heterocycles. The number of fused-ring (bicyclic) bond motifs is 1. The highest BCUT2D eigenvalue weighted by atomic mass is 32.2. The van der Waals surface area contributed by atoms with Crippen LogP contribution in [0.4, 0.5) is 5.69 Å². The van der Waals surface area contributed by atoms with Crippen LogP contribution < -0.4 is 10.9 Å². The van der Waals surface area contributed by atoms with E-state index in [0.29, 0.717) is 27.5 Å². The van der Waals surface area contributed by atoms with Crippen molar-refractivity contribution in [3.05, 3.63) is 94.8 Å². The lowest BCUT2D eigenvalue weighted by atomic mass is 10.2. The molecule has 0 aliphatic rings. The van der Waals surface area contributed by atoms with E-state index in [1.807, 2.05) is 48.5 Å². The number of hydrogen-bond donors (Lipinski definition) is 1. The maximum Gasteiger partial charge on any atom is 0.266 e. The van der Waals surface area contributed by atoms with Crippen LogP contribution >= 0.6 is 11.8 Å². The lowest BCUT2D eigenvalue weighted by molar-refractivity contribution is -0.114. The normalized spacial score (nSPS) is 10.8. The first-order valence-electron chi connectivity index (χ1n) is 9.18. The highest BCUT2D eigenvalue weighted by Crippen LogP contribution is 2.25. The van der Waals surface area contributed by atoms with E-state index < -0.39 is 0 Å². The average molecular weight is 401 g/mol. The molecule has 5 nitrogen and oxygen atoms in total. The van der Waals surface area contributed by atoms with Crippen LogP contribution in [0, 0.1) is 0 Å². The Kier molecular flexibility index (Phi) is 5.44. The second-order valence-corrected chi connectivity index (χ2v) is 7.50. The van der Waals surface area contributed by atoms with Crippen LogP contribution in [0.1, 0.15) is 12.5 Å². The van der Waals surface area contributed by atoms with Crippen LogP contribution in [-0.2, 0) is 10.5 Å². The van der Waals surface area contributed by atoms with Crippen molar-refractivity contribution >= 4 is 34.3 Å². The molecule has 29 heavy (non-hydrogen) atoms. The van der Waals surface area contributed by atoms with Gasteiger partial charge in [0, 0.05) is 18.4 Å². The first kappa shape index (κ1) is 19.0. The van der Waals surface area contributed by atoms with Crippen LogP contribution in [0.3, 0.4) is 0 Å². The van der Waals surface area contributed by atoms with Gasteiger partial charge in [0.2, 0.25) is 5.91 Å². The smallest absolute Gasteiger partial charge is 0.266 e. The molecule has 0 spiro atoms. The summed E-state index contributed by atoms with van der Waals surface area (Å²) in [5, 5.41) is 3.82. The van der Waals surface area contributed by atoms with Crippen molar-refractivity contribution in [2.45, 2.75) is 17.8 Å². The van der Waals surface area contributed by atoms with Crippen LogP contribution in [0.25, 0.3) is 16.6 Å². The molecule has 0 fully saturated rings. The van der Waals surface area contributed by atoms with Gasteiger partial charge in [-0.15, -0.1) is 0 Å². The Labute approximate surface area is 172 Å². The van der Waals surface area contributed by atoms with E-state index in [-0.39, 0.29) is 11.5 Å². The summed E-state index contributed by atoms with van der Waals surface area (Å²) in [4.78, 5) is 29.5. The molecule has 4 aromatic rings. The molecule has 0 radical (unpaired) electrons. The third kappa shape index (κ3) is 4.22. The Balaban J connectivity index is 1.84. The summed E-state index contributed by atoms with van der Waals surface area (Å²) in [6, 6.07) is 24.8. The molecule has 1 N–H and O–H groups in total. The third-order valence-corrected chi connectivity index (χ3v) is 5.39. The fraction of sp³-hybridized carbons (Fsp3) is 0.0870. The minimum Gasteiger partial charge on any atom is -0.326 e. The molecule has 144 valence electrons. The molecule has 4 rings (SSSR count). The van der Waals surface area contributed by atoms with Crippen molar-refractivity contribution in [3.8, 4) is 5.69 Å². The number of aromatic nitrogens is 2. The molecular weight excluding hydrogens is 382 g/mol. The van der Waals surface area contributed by atoms with E-state index in [9.17, 15) is 9.59 Å².